The molecule has 1 aromatic carbocycles. The smallest absolute Gasteiger partial charge is 0.275 e. The highest BCUT2D eigenvalue weighted by atomic mass is 35.5. The molecule has 1 fully saturated rings. The number of piperidine rings is 1. The van der Waals surface area contributed by atoms with Crippen LogP contribution in [0, 0.1) is 0 Å². The Bertz CT molecular complexity index is 910. The highest BCUT2D eigenvalue weighted by Crippen LogP contribution is 2.29. The van der Waals surface area contributed by atoms with E-state index in [1.165, 1.54) is 12.1 Å². The third-order valence-electron chi connectivity index (χ3n) is 4.92. The fourth-order valence-corrected chi connectivity index (χ4v) is 4.03. The Morgan fingerprint density at radius 1 is 1.07 bits per heavy atom. The summed E-state index contributed by atoms with van der Waals surface area (Å²) >= 11 is 18.1. The normalized spacial score (nSPS) is 19.4. The number of likely N-dealkylation sites (tertiary alicyclic amines) is 1. The van der Waals surface area contributed by atoms with Crippen LogP contribution in [0.5, 0.6) is 0 Å². The van der Waals surface area contributed by atoms with E-state index < -0.39 is 5.91 Å². The quantitative estimate of drug-likeness (QED) is 0.623. The van der Waals surface area contributed by atoms with Crippen molar-refractivity contribution < 1.29 is 9.59 Å². The molecule has 2 aromatic rings. The Morgan fingerprint density at radius 2 is 1.75 bits per heavy atom. The van der Waals surface area contributed by atoms with E-state index in [-0.39, 0.29) is 33.9 Å². The van der Waals surface area contributed by atoms with Crippen molar-refractivity contribution in [2.24, 2.45) is 0 Å². The van der Waals surface area contributed by atoms with E-state index in [0.717, 1.165) is 19.3 Å². The van der Waals surface area contributed by atoms with Crippen molar-refractivity contribution in [1.29, 1.82) is 0 Å². The minimum atomic E-state index is -0.552. The molecule has 2 heterocycles. The first-order valence-corrected chi connectivity index (χ1v) is 10.2. The predicted octanol–water partition coefficient (Wildman–Crippen LogP) is 5.70. The maximum absolute atomic E-state index is 13.3. The molecule has 0 bridgehead atoms. The van der Waals surface area contributed by atoms with Gasteiger partial charge in [0, 0.05) is 17.1 Å². The van der Waals surface area contributed by atoms with Crippen molar-refractivity contribution >= 4 is 52.3 Å². The number of aromatic nitrogens is 1. The second kappa shape index (κ2) is 8.68. The van der Waals surface area contributed by atoms with E-state index in [1.807, 2.05) is 18.7 Å². The summed E-state index contributed by atoms with van der Waals surface area (Å²) in [5.41, 5.74) is 0.670. The average Bonchev–Trinajstić information content (AvgIpc) is 2.64. The molecule has 1 aliphatic rings. The number of hydrogen-bond donors (Lipinski definition) is 1. The van der Waals surface area contributed by atoms with Crippen LogP contribution in [-0.2, 0) is 0 Å². The first kappa shape index (κ1) is 20.9. The Hall–Kier alpha value is -1.82. The van der Waals surface area contributed by atoms with Gasteiger partial charge in [-0.15, -0.1) is 0 Å². The lowest BCUT2D eigenvalue weighted by atomic mass is 9.96. The summed E-state index contributed by atoms with van der Waals surface area (Å²) in [4.78, 5) is 31.8. The number of nitrogens with zero attached hydrogens (tertiary/aromatic N) is 2. The highest BCUT2D eigenvalue weighted by Gasteiger charge is 2.31. The van der Waals surface area contributed by atoms with Crippen molar-refractivity contribution in [3.63, 3.8) is 0 Å². The minimum absolute atomic E-state index is 0.0118. The van der Waals surface area contributed by atoms with Gasteiger partial charge in [0.15, 0.2) is 0 Å². The molecule has 1 aliphatic heterocycles. The van der Waals surface area contributed by atoms with Gasteiger partial charge in [-0.1, -0.05) is 34.8 Å². The summed E-state index contributed by atoms with van der Waals surface area (Å²) < 4.78 is 0. The SMILES string of the molecule is C[C@H]1CCC[C@H](C)N1C(=O)c1cc(Cl)ccc1NC(=O)c1nc(Cl)ccc1Cl. The van der Waals surface area contributed by atoms with Crippen molar-refractivity contribution in [1.82, 2.24) is 9.88 Å². The molecule has 5 nitrogen and oxygen atoms in total. The lowest BCUT2D eigenvalue weighted by molar-refractivity contribution is 0.0512. The number of pyridine rings is 1. The highest BCUT2D eigenvalue weighted by molar-refractivity contribution is 6.35. The number of amides is 2. The fraction of sp³-hybridized carbons (Fsp3) is 0.350. The maximum atomic E-state index is 13.3. The van der Waals surface area contributed by atoms with Gasteiger partial charge < -0.3 is 10.2 Å². The summed E-state index contributed by atoms with van der Waals surface area (Å²) in [6, 6.07) is 8.01. The van der Waals surface area contributed by atoms with Crippen LogP contribution in [0.2, 0.25) is 15.2 Å². The van der Waals surface area contributed by atoms with E-state index >= 15 is 0 Å². The van der Waals surface area contributed by atoms with Gasteiger partial charge in [-0.05, 0) is 63.4 Å². The lowest BCUT2D eigenvalue weighted by Gasteiger charge is -2.39. The second-order valence-corrected chi connectivity index (χ2v) is 8.18. The molecule has 1 N–H and O–H groups in total. The van der Waals surface area contributed by atoms with E-state index in [4.69, 9.17) is 34.8 Å². The first-order chi connectivity index (χ1) is 13.3. The van der Waals surface area contributed by atoms with Crippen LogP contribution >= 0.6 is 34.8 Å². The number of hydrogen-bond acceptors (Lipinski definition) is 3. The van der Waals surface area contributed by atoms with Crippen LogP contribution in [0.1, 0.15) is 54.0 Å². The Balaban J connectivity index is 1.93. The molecule has 28 heavy (non-hydrogen) atoms. The number of benzene rings is 1. The molecule has 0 aliphatic carbocycles. The molecular weight excluding hydrogens is 421 g/mol. The minimum Gasteiger partial charge on any atom is -0.333 e. The van der Waals surface area contributed by atoms with E-state index in [0.29, 0.717) is 16.3 Å². The maximum Gasteiger partial charge on any atom is 0.275 e. The number of anilines is 1. The molecule has 2 atom stereocenters. The summed E-state index contributed by atoms with van der Waals surface area (Å²) in [6.07, 6.45) is 2.98. The summed E-state index contributed by atoms with van der Waals surface area (Å²) in [6.45, 7) is 4.07. The topological polar surface area (TPSA) is 62.3 Å². The van der Waals surface area contributed by atoms with Gasteiger partial charge in [0.2, 0.25) is 0 Å². The van der Waals surface area contributed by atoms with Gasteiger partial charge in [0.1, 0.15) is 10.8 Å². The molecule has 1 saturated heterocycles. The number of halogens is 3. The van der Waals surface area contributed by atoms with Crippen LogP contribution in [0.25, 0.3) is 0 Å². The van der Waals surface area contributed by atoms with Crippen molar-refractivity contribution in [2.45, 2.75) is 45.2 Å². The van der Waals surface area contributed by atoms with E-state index in [2.05, 4.69) is 10.3 Å². The number of nitrogens with one attached hydrogen (secondary N) is 1. The van der Waals surface area contributed by atoms with Crippen LogP contribution in [0.3, 0.4) is 0 Å². The predicted molar refractivity (Wildman–Crippen MR) is 113 cm³/mol. The summed E-state index contributed by atoms with van der Waals surface area (Å²) in [5.74, 6) is -0.716. The average molecular weight is 441 g/mol. The monoisotopic (exact) mass is 439 g/mol. The number of rotatable bonds is 3. The molecule has 2 amide bonds. The molecule has 0 unspecified atom stereocenters. The van der Waals surface area contributed by atoms with Gasteiger partial charge in [-0.25, -0.2) is 4.98 Å². The standard InChI is InChI=1S/C20H20Cl3N3O2/c1-11-4-3-5-12(2)26(11)20(28)14-10-13(21)6-8-16(14)24-19(27)18-15(22)7-9-17(23)25-18/h6-12H,3-5H2,1-2H3,(H,24,27)/t11-,12-/m0/s1. The Morgan fingerprint density at radius 3 is 2.43 bits per heavy atom. The number of carbonyl (C=O) groups excluding carboxylic acids is 2. The van der Waals surface area contributed by atoms with Crippen molar-refractivity contribution in [2.75, 3.05) is 5.32 Å². The van der Waals surface area contributed by atoms with E-state index in [1.54, 1.807) is 18.2 Å². The van der Waals surface area contributed by atoms with Gasteiger partial charge in [-0.2, -0.15) is 0 Å². The second-order valence-electron chi connectivity index (χ2n) is 6.95. The third kappa shape index (κ3) is 4.43. The molecule has 0 radical (unpaired) electrons. The van der Waals surface area contributed by atoms with Crippen molar-refractivity contribution in [3.8, 4) is 0 Å². The zero-order valence-electron chi connectivity index (χ0n) is 15.5. The van der Waals surface area contributed by atoms with Gasteiger partial charge >= 0.3 is 0 Å². The van der Waals surface area contributed by atoms with Crippen molar-refractivity contribution in [3.05, 3.63) is 56.8 Å². The number of carbonyl (C=O) groups is 2. The van der Waals surface area contributed by atoms with Gasteiger partial charge in [0.05, 0.1) is 16.3 Å². The van der Waals surface area contributed by atoms with Crippen LogP contribution in [0.15, 0.2) is 30.3 Å². The molecule has 0 spiro atoms. The largest absolute Gasteiger partial charge is 0.333 e. The molecule has 3 rings (SSSR count). The fourth-order valence-electron chi connectivity index (χ4n) is 3.52. The zero-order chi connectivity index (χ0) is 20.4. The first-order valence-electron chi connectivity index (χ1n) is 9.03. The molecular formula is C20H20Cl3N3O2. The van der Waals surface area contributed by atoms with Crippen LogP contribution in [0.4, 0.5) is 5.69 Å². The zero-order valence-corrected chi connectivity index (χ0v) is 17.8. The van der Waals surface area contributed by atoms with Gasteiger partial charge in [0.25, 0.3) is 11.8 Å². The molecule has 8 heteroatoms. The van der Waals surface area contributed by atoms with Crippen LogP contribution < -0.4 is 5.32 Å². The molecule has 1 aromatic heterocycles. The summed E-state index contributed by atoms with van der Waals surface area (Å²) in [7, 11) is 0. The third-order valence-corrected chi connectivity index (χ3v) is 5.67. The molecule has 0 saturated carbocycles. The van der Waals surface area contributed by atoms with Crippen LogP contribution in [-0.4, -0.2) is 33.8 Å². The van der Waals surface area contributed by atoms with E-state index in [9.17, 15) is 9.59 Å². The Kier molecular flexibility index (Phi) is 6.48. The molecule has 148 valence electrons. The van der Waals surface area contributed by atoms with Gasteiger partial charge in [-0.3, -0.25) is 9.59 Å². The lowest BCUT2D eigenvalue weighted by Crippen LogP contribution is -2.47. The summed E-state index contributed by atoms with van der Waals surface area (Å²) in [5, 5.41) is 3.45. The Labute approximate surface area is 179 Å².